The number of nitrogens with zero attached hydrogens (tertiary/aromatic N) is 3. The molecule has 7 heteroatoms. The molecule has 3 aromatic heterocycles. The lowest BCUT2D eigenvalue weighted by Crippen LogP contribution is -1.88. The molecule has 0 radical (unpaired) electrons. The van der Waals surface area contributed by atoms with Gasteiger partial charge >= 0.3 is 0 Å². The molecule has 0 saturated carbocycles. The molecule has 0 aliphatic rings. The van der Waals surface area contributed by atoms with Crippen molar-refractivity contribution >= 4 is 23.6 Å². The van der Waals surface area contributed by atoms with E-state index in [0.717, 1.165) is 39.8 Å². The van der Waals surface area contributed by atoms with Crippen molar-refractivity contribution in [3.05, 3.63) is 35.0 Å². The Balaban J connectivity index is 2.09. The molecule has 0 bridgehead atoms. The van der Waals surface area contributed by atoms with E-state index in [1.54, 1.807) is 17.5 Å². The summed E-state index contributed by atoms with van der Waals surface area (Å²) in [5, 5.41) is 6.79. The highest BCUT2D eigenvalue weighted by molar-refractivity contribution is 7.71. The largest absolute Gasteiger partial charge is 0.281 e. The molecule has 0 aliphatic carbocycles. The molecule has 2 N–H and O–H groups in total. The fourth-order valence-corrected chi connectivity index (χ4v) is 3.12. The Morgan fingerprint density at radius 3 is 2.85 bits per heavy atom. The van der Waals surface area contributed by atoms with Crippen molar-refractivity contribution in [2.45, 2.75) is 19.8 Å². The van der Waals surface area contributed by atoms with E-state index in [-0.39, 0.29) is 0 Å². The number of thiazole rings is 1. The zero-order valence-electron chi connectivity index (χ0n) is 10.9. The smallest absolute Gasteiger partial charge is 0.213 e. The van der Waals surface area contributed by atoms with Gasteiger partial charge in [0.05, 0.1) is 10.6 Å². The predicted octanol–water partition coefficient (Wildman–Crippen LogP) is 3.61. The summed E-state index contributed by atoms with van der Waals surface area (Å²) in [6, 6.07) is 3.93. The summed E-state index contributed by atoms with van der Waals surface area (Å²) in [5.41, 5.74) is 2.07. The molecule has 0 aromatic carbocycles. The lowest BCUT2D eigenvalue weighted by atomic mass is 10.2. The number of nitrogens with one attached hydrogen (secondary N) is 2. The minimum Gasteiger partial charge on any atom is -0.281 e. The molecule has 3 rings (SSSR count). The zero-order chi connectivity index (χ0) is 13.9. The fourth-order valence-electron chi connectivity index (χ4n) is 1.93. The van der Waals surface area contributed by atoms with Gasteiger partial charge in [0.25, 0.3) is 0 Å². The first kappa shape index (κ1) is 13.1. The minimum absolute atomic E-state index is 0.457. The van der Waals surface area contributed by atoms with Crippen molar-refractivity contribution in [1.29, 1.82) is 0 Å². The van der Waals surface area contributed by atoms with Crippen LogP contribution in [-0.4, -0.2) is 25.1 Å². The van der Waals surface area contributed by atoms with E-state index >= 15 is 0 Å². The Kier molecular flexibility index (Phi) is 3.70. The maximum Gasteiger partial charge on any atom is 0.213 e. The van der Waals surface area contributed by atoms with Gasteiger partial charge in [-0.3, -0.25) is 15.2 Å². The summed E-state index contributed by atoms with van der Waals surface area (Å²) in [4.78, 5) is 14.2. The van der Waals surface area contributed by atoms with Crippen LogP contribution in [0.2, 0.25) is 0 Å². The van der Waals surface area contributed by atoms with Crippen LogP contribution in [0.4, 0.5) is 0 Å². The number of aryl methyl sites for hydroxylation is 1. The molecule has 0 saturated heterocycles. The quantitative estimate of drug-likeness (QED) is 0.722. The van der Waals surface area contributed by atoms with Gasteiger partial charge in [0.1, 0.15) is 5.01 Å². The Morgan fingerprint density at radius 1 is 1.30 bits per heavy atom. The van der Waals surface area contributed by atoms with Crippen molar-refractivity contribution in [1.82, 2.24) is 25.1 Å². The molecule has 0 aliphatic heterocycles. The summed E-state index contributed by atoms with van der Waals surface area (Å²) < 4.78 is 0.457. The first-order chi connectivity index (χ1) is 9.78. The Morgan fingerprint density at radius 2 is 2.20 bits per heavy atom. The minimum atomic E-state index is 0.457. The van der Waals surface area contributed by atoms with Crippen LogP contribution in [0.25, 0.3) is 21.3 Å². The van der Waals surface area contributed by atoms with E-state index < -0.39 is 0 Å². The second kappa shape index (κ2) is 5.64. The van der Waals surface area contributed by atoms with E-state index in [9.17, 15) is 0 Å². The van der Waals surface area contributed by atoms with Gasteiger partial charge in [0.2, 0.25) is 4.77 Å². The van der Waals surface area contributed by atoms with Gasteiger partial charge in [0.15, 0.2) is 5.82 Å². The highest BCUT2D eigenvalue weighted by Gasteiger charge is 2.15. The van der Waals surface area contributed by atoms with Crippen molar-refractivity contribution in [2.75, 3.05) is 0 Å². The van der Waals surface area contributed by atoms with Crippen molar-refractivity contribution < 1.29 is 0 Å². The molecular weight excluding hydrogens is 290 g/mol. The monoisotopic (exact) mass is 303 g/mol. The Labute approximate surface area is 125 Å². The number of aromatic nitrogens is 5. The summed E-state index contributed by atoms with van der Waals surface area (Å²) in [6.07, 6.45) is 5.54. The van der Waals surface area contributed by atoms with Gasteiger partial charge in [0, 0.05) is 18.0 Å². The maximum atomic E-state index is 5.02. The summed E-state index contributed by atoms with van der Waals surface area (Å²) in [5.74, 6) is 0.756. The standard InChI is InChI=1S/C13H13N5S2/c1-2-4-9-10(11-16-13(19)18-17-11)20-12(15-9)8-5-3-6-14-7-8/h3,5-7H,2,4H2,1H3,(H2,16,17,18,19). The van der Waals surface area contributed by atoms with Crippen LogP contribution in [0.3, 0.4) is 0 Å². The average Bonchev–Trinajstić information content (AvgIpc) is 3.07. The first-order valence-electron chi connectivity index (χ1n) is 6.33. The summed E-state index contributed by atoms with van der Waals surface area (Å²) in [7, 11) is 0. The molecule has 5 nitrogen and oxygen atoms in total. The van der Waals surface area contributed by atoms with Crippen LogP contribution < -0.4 is 0 Å². The predicted molar refractivity (Wildman–Crippen MR) is 82.1 cm³/mol. The second-order valence-electron chi connectivity index (χ2n) is 4.30. The van der Waals surface area contributed by atoms with Crippen LogP contribution in [-0.2, 0) is 6.42 Å². The van der Waals surface area contributed by atoms with Gasteiger partial charge in [-0.15, -0.1) is 11.3 Å². The third-order valence-electron chi connectivity index (χ3n) is 2.81. The molecule has 102 valence electrons. The van der Waals surface area contributed by atoms with Crippen molar-refractivity contribution in [3.63, 3.8) is 0 Å². The Hall–Kier alpha value is -1.86. The number of H-pyrrole nitrogens is 2. The van der Waals surface area contributed by atoms with Crippen molar-refractivity contribution in [2.24, 2.45) is 0 Å². The third-order valence-corrected chi connectivity index (χ3v) is 4.16. The third kappa shape index (κ3) is 2.54. The first-order valence-corrected chi connectivity index (χ1v) is 7.55. The molecule has 0 fully saturated rings. The number of hydrogen-bond donors (Lipinski definition) is 2. The average molecular weight is 303 g/mol. The summed E-state index contributed by atoms with van der Waals surface area (Å²) >= 11 is 6.63. The van der Waals surface area contributed by atoms with Gasteiger partial charge in [-0.05, 0) is 30.8 Å². The van der Waals surface area contributed by atoms with Crippen LogP contribution >= 0.6 is 23.6 Å². The molecular formula is C13H13N5S2. The van der Waals surface area contributed by atoms with E-state index in [1.165, 1.54) is 0 Å². The van der Waals surface area contributed by atoms with Gasteiger partial charge in [-0.1, -0.05) is 13.3 Å². The zero-order valence-corrected chi connectivity index (χ0v) is 12.5. The number of aromatic amines is 2. The lowest BCUT2D eigenvalue weighted by Gasteiger charge is -1.95. The second-order valence-corrected chi connectivity index (χ2v) is 5.69. The van der Waals surface area contributed by atoms with E-state index in [4.69, 9.17) is 17.2 Å². The molecule has 3 heterocycles. The molecule has 0 spiro atoms. The van der Waals surface area contributed by atoms with Crippen LogP contribution in [0.1, 0.15) is 19.0 Å². The van der Waals surface area contributed by atoms with Gasteiger partial charge < -0.3 is 0 Å². The van der Waals surface area contributed by atoms with Gasteiger partial charge in [-0.25, -0.2) is 4.98 Å². The fraction of sp³-hybridized carbons (Fsp3) is 0.231. The van der Waals surface area contributed by atoms with E-state index in [2.05, 4.69) is 27.1 Å². The SMILES string of the molecule is CCCc1nc(-c2cccnc2)sc1-c1nc(=S)[nH][nH]1. The molecule has 0 amide bonds. The number of pyridine rings is 1. The topological polar surface area (TPSA) is 70.2 Å². The van der Waals surface area contributed by atoms with E-state index in [0.29, 0.717) is 4.77 Å². The van der Waals surface area contributed by atoms with Gasteiger partial charge in [-0.2, -0.15) is 4.98 Å². The lowest BCUT2D eigenvalue weighted by molar-refractivity contribution is 0.893. The molecule has 0 unspecified atom stereocenters. The molecule has 3 aromatic rings. The molecule has 20 heavy (non-hydrogen) atoms. The van der Waals surface area contributed by atoms with E-state index in [1.807, 2.05) is 18.3 Å². The van der Waals surface area contributed by atoms with Crippen LogP contribution in [0, 0.1) is 4.77 Å². The number of rotatable bonds is 4. The summed E-state index contributed by atoms with van der Waals surface area (Å²) in [6.45, 7) is 2.14. The van der Waals surface area contributed by atoms with Crippen LogP contribution in [0.15, 0.2) is 24.5 Å². The maximum absolute atomic E-state index is 5.02. The highest BCUT2D eigenvalue weighted by Crippen LogP contribution is 2.33. The highest BCUT2D eigenvalue weighted by atomic mass is 32.1. The van der Waals surface area contributed by atoms with Crippen molar-refractivity contribution in [3.8, 4) is 21.3 Å². The Bertz CT molecular complexity index is 756. The normalized spacial score (nSPS) is 10.8. The molecule has 0 atom stereocenters. The number of hydrogen-bond acceptors (Lipinski definition) is 5. The van der Waals surface area contributed by atoms with Crippen LogP contribution in [0.5, 0.6) is 0 Å².